The van der Waals surface area contributed by atoms with E-state index in [0.717, 1.165) is 48.6 Å². The number of benzene rings is 2. The number of hydrogen-bond acceptors (Lipinski definition) is 5. The Bertz CT molecular complexity index is 741. The molecule has 0 fully saturated rings. The molecular weight excluding hydrogens is 356 g/mol. The zero-order valence-corrected chi connectivity index (χ0v) is 17.3. The van der Waals surface area contributed by atoms with E-state index < -0.39 is 6.16 Å². The number of methoxy groups -OCH3 is 1. The third-order valence-electron chi connectivity index (χ3n) is 4.54. The zero-order valence-electron chi connectivity index (χ0n) is 17.3. The second-order valence-corrected chi connectivity index (χ2v) is 6.77. The van der Waals surface area contributed by atoms with Crippen molar-refractivity contribution >= 4 is 16.9 Å². The molecule has 0 N–H and O–H groups in total. The molecule has 0 heterocycles. The van der Waals surface area contributed by atoms with Crippen molar-refractivity contribution in [2.45, 2.75) is 58.8 Å². The first-order valence-corrected chi connectivity index (χ1v) is 10.3. The molecule has 2 aromatic rings. The highest BCUT2D eigenvalue weighted by molar-refractivity contribution is 5.96. The van der Waals surface area contributed by atoms with E-state index in [4.69, 9.17) is 14.2 Å². The van der Waals surface area contributed by atoms with E-state index in [-0.39, 0.29) is 0 Å². The van der Waals surface area contributed by atoms with Gasteiger partial charge in [-0.1, -0.05) is 70.2 Å². The molecule has 28 heavy (non-hydrogen) atoms. The van der Waals surface area contributed by atoms with Crippen LogP contribution in [-0.4, -0.2) is 26.5 Å². The van der Waals surface area contributed by atoms with Crippen molar-refractivity contribution in [2.24, 2.45) is 0 Å². The monoisotopic (exact) mass is 388 g/mol. The lowest BCUT2D eigenvalue weighted by Gasteiger charge is -2.17. The number of hydrogen-bond donors (Lipinski definition) is 0. The van der Waals surface area contributed by atoms with Gasteiger partial charge in [0.25, 0.3) is 0 Å². The van der Waals surface area contributed by atoms with E-state index in [1.807, 2.05) is 30.3 Å². The lowest BCUT2D eigenvalue weighted by Crippen LogP contribution is -2.10. The molecule has 0 atom stereocenters. The minimum absolute atomic E-state index is 0.372. The van der Waals surface area contributed by atoms with Crippen LogP contribution in [0.1, 0.15) is 58.8 Å². The van der Waals surface area contributed by atoms with E-state index in [1.54, 1.807) is 0 Å². The second kappa shape index (κ2) is 12.1. The van der Waals surface area contributed by atoms with Crippen LogP contribution in [0.15, 0.2) is 30.3 Å². The zero-order chi connectivity index (χ0) is 20.2. The molecule has 0 bridgehead atoms. The van der Waals surface area contributed by atoms with Gasteiger partial charge in [0.05, 0.1) is 20.3 Å². The average Bonchev–Trinajstić information content (AvgIpc) is 2.72. The number of carbonyl (C=O) groups excluding carboxylic acids is 1. The van der Waals surface area contributed by atoms with Crippen LogP contribution in [0.2, 0.25) is 0 Å². The first-order valence-electron chi connectivity index (χ1n) is 10.3. The highest BCUT2D eigenvalue weighted by Crippen LogP contribution is 2.42. The van der Waals surface area contributed by atoms with Gasteiger partial charge in [-0.3, -0.25) is 0 Å². The molecule has 0 spiro atoms. The molecule has 0 aliphatic carbocycles. The van der Waals surface area contributed by atoms with Crippen LogP contribution in [-0.2, 0) is 4.74 Å². The fourth-order valence-electron chi connectivity index (χ4n) is 2.99. The van der Waals surface area contributed by atoms with Gasteiger partial charge in [-0.2, -0.15) is 0 Å². The summed E-state index contributed by atoms with van der Waals surface area (Å²) < 4.78 is 22.2. The van der Waals surface area contributed by atoms with Gasteiger partial charge in [0.2, 0.25) is 0 Å². The molecule has 0 aliphatic heterocycles. The maximum atomic E-state index is 11.8. The summed E-state index contributed by atoms with van der Waals surface area (Å²) in [7, 11) is 1.29. The fraction of sp³-hybridized carbons (Fsp3) is 0.522. The standard InChI is InChI=1S/C23H32O5/c1-4-6-8-12-16-26-20-17-21(27-15-11-7-5-2)22(28-23(24)25-3)19-14-10-9-13-18(19)20/h9-10,13-14,17H,4-8,11-12,15-16H2,1-3H3. The van der Waals surface area contributed by atoms with Gasteiger partial charge in [-0.05, 0) is 12.8 Å². The minimum atomic E-state index is -0.767. The van der Waals surface area contributed by atoms with Gasteiger partial charge in [0, 0.05) is 16.8 Å². The molecule has 5 nitrogen and oxygen atoms in total. The quantitative estimate of drug-likeness (QED) is 0.235. The van der Waals surface area contributed by atoms with E-state index in [1.165, 1.54) is 20.0 Å². The van der Waals surface area contributed by atoms with E-state index >= 15 is 0 Å². The Balaban J connectivity index is 2.31. The summed E-state index contributed by atoms with van der Waals surface area (Å²) in [6.07, 6.45) is 6.93. The minimum Gasteiger partial charge on any atom is -0.493 e. The van der Waals surface area contributed by atoms with Gasteiger partial charge < -0.3 is 18.9 Å². The van der Waals surface area contributed by atoms with Crippen molar-refractivity contribution in [3.63, 3.8) is 0 Å². The Morgan fingerprint density at radius 2 is 1.43 bits per heavy atom. The summed E-state index contributed by atoms with van der Waals surface area (Å²) >= 11 is 0. The van der Waals surface area contributed by atoms with Crippen LogP contribution >= 0.6 is 0 Å². The van der Waals surface area contributed by atoms with Crippen LogP contribution in [0.25, 0.3) is 10.8 Å². The number of fused-ring (bicyclic) bond motifs is 1. The van der Waals surface area contributed by atoms with E-state index in [9.17, 15) is 4.79 Å². The van der Waals surface area contributed by atoms with Crippen molar-refractivity contribution in [2.75, 3.05) is 20.3 Å². The number of rotatable bonds is 12. The molecular formula is C23H32O5. The SMILES string of the molecule is CCCCCCOc1cc(OCCCCC)c(OC(=O)OC)c2ccccc12. The molecule has 2 rings (SSSR count). The normalized spacial score (nSPS) is 10.7. The Morgan fingerprint density at radius 3 is 2.11 bits per heavy atom. The largest absolute Gasteiger partial charge is 0.513 e. The molecule has 0 amide bonds. The Hall–Kier alpha value is -2.43. The third kappa shape index (κ3) is 6.32. The Labute approximate surface area is 167 Å². The molecule has 2 aromatic carbocycles. The summed E-state index contributed by atoms with van der Waals surface area (Å²) in [6.45, 7) is 5.54. The number of carbonyl (C=O) groups is 1. The first-order chi connectivity index (χ1) is 13.7. The van der Waals surface area contributed by atoms with Crippen molar-refractivity contribution in [3.05, 3.63) is 30.3 Å². The molecule has 0 aromatic heterocycles. The summed E-state index contributed by atoms with van der Waals surface area (Å²) in [5.74, 6) is 1.62. The van der Waals surface area contributed by atoms with Gasteiger partial charge in [-0.25, -0.2) is 4.79 Å². The number of ether oxygens (including phenoxy) is 4. The van der Waals surface area contributed by atoms with Crippen LogP contribution in [0.4, 0.5) is 4.79 Å². The van der Waals surface area contributed by atoms with Crippen molar-refractivity contribution in [1.29, 1.82) is 0 Å². The molecule has 0 saturated carbocycles. The summed E-state index contributed by atoms with van der Waals surface area (Å²) in [5.41, 5.74) is 0. The van der Waals surface area contributed by atoms with Crippen LogP contribution < -0.4 is 14.2 Å². The van der Waals surface area contributed by atoms with Gasteiger partial charge >= 0.3 is 6.16 Å². The molecule has 0 saturated heterocycles. The van der Waals surface area contributed by atoms with Crippen molar-refractivity contribution in [3.8, 4) is 17.2 Å². The summed E-state index contributed by atoms with van der Waals surface area (Å²) in [6, 6.07) is 9.53. The highest BCUT2D eigenvalue weighted by atomic mass is 16.7. The average molecular weight is 389 g/mol. The predicted molar refractivity (Wildman–Crippen MR) is 112 cm³/mol. The van der Waals surface area contributed by atoms with Gasteiger partial charge in [0.1, 0.15) is 5.75 Å². The lowest BCUT2D eigenvalue weighted by molar-refractivity contribution is 0.120. The number of unbranched alkanes of at least 4 members (excludes halogenated alkanes) is 5. The molecule has 5 heteroatoms. The van der Waals surface area contributed by atoms with Crippen LogP contribution in [0.5, 0.6) is 17.2 Å². The van der Waals surface area contributed by atoms with Crippen molar-refractivity contribution in [1.82, 2.24) is 0 Å². The maximum absolute atomic E-state index is 11.8. The summed E-state index contributed by atoms with van der Waals surface area (Å²) in [4.78, 5) is 11.8. The van der Waals surface area contributed by atoms with Crippen LogP contribution in [0, 0.1) is 0 Å². The third-order valence-corrected chi connectivity index (χ3v) is 4.54. The second-order valence-electron chi connectivity index (χ2n) is 6.77. The molecule has 154 valence electrons. The van der Waals surface area contributed by atoms with E-state index in [0.29, 0.717) is 24.7 Å². The first kappa shape index (κ1) is 21.9. The predicted octanol–water partition coefficient (Wildman–Crippen LogP) is 6.51. The van der Waals surface area contributed by atoms with Crippen molar-refractivity contribution < 1.29 is 23.7 Å². The van der Waals surface area contributed by atoms with Crippen LogP contribution in [0.3, 0.4) is 0 Å². The Kier molecular flexibility index (Phi) is 9.46. The molecule has 0 unspecified atom stereocenters. The Morgan fingerprint density at radius 1 is 0.821 bits per heavy atom. The maximum Gasteiger partial charge on any atom is 0.513 e. The smallest absolute Gasteiger partial charge is 0.493 e. The topological polar surface area (TPSA) is 54.0 Å². The summed E-state index contributed by atoms with van der Waals surface area (Å²) in [5, 5.41) is 1.65. The van der Waals surface area contributed by atoms with Gasteiger partial charge in [0.15, 0.2) is 11.5 Å². The fourth-order valence-corrected chi connectivity index (χ4v) is 2.99. The lowest BCUT2D eigenvalue weighted by atomic mass is 10.1. The highest BCUT2D eigenvalue weighted by Gasteiger charge is 2.18. The molecule has 0 aliphatic rings. The van der Waals surface area contributed by atoms with Gasteiger partial charge in [-0.15, -0.1) is 0 Å². The molecule has 0 radical (unpaired) electrons. The van der Waals surface area contributed by atoms with E-state index in [2.05, 4.69) is 18.6 Å².